The first-order valence-electron chi connectivity index (χ1n) is 8.79. The lowest BCUT2D eigenvalue weighted by Crippen LogP contribution is -2.21. The van der Waals surface area contributed by atoms with Gasteiger partial charge in [0.15, 0.2) is 0 Å². The summed E-state index contributed by atoms with van der Waals surface area (Å²) in [5, 5.41) is 3.37. The summed E-state index contributed by atoms with van der Waals surface area (Å²) in [4.78, 5) is 16.0. The smallest absolute Gasteiger partial charge is 0.340 e. The Labute approximate surface area is 147 Å². The number of anilines is 1. The molecule has 130 valence electrons. The number of methoxy groups -OCH3 is 1. The van der Waals surface area contributed by atoms with Crippen LogP contribution >= 0.6 is 0 Å². The van der Waals surface area contributed by atoms with Crippen molar-refractivity contribution in [3.8, 4) is 5.75 Å². The fourth-order valence-corrected chi connectivity index (χ4v) is 3.42. The molecule has 0 spiro atoms. The van der Waals surface area contributed by atoms with E-state index in [0.717, 1.165) is 31.2 Å². The Kier molecular flexibility index (Phi) is 4.30. The Morgan fingerprint density at radius 2 is 2.20 bits per heavy atom. The zero-order valence-electron chi connectivity index (χ0n) is 14.3. The summed E-state index contributed by atoms with van der Waals surface area (Å²) in [6.45, 7) is 1.46. The summed E-state index contributed by atoms with van der Waals surface area (Å²) in [6.07, 6.45) is 6.81. The molecule has 25 heavy (non-hydrogen) atoms. The second-order valence-corrected chi connectivity index (χ2v) is 6.70. The van der Waals surface area contributed by atoms with Crippen molar-refractivity contribution in [2.75, 3.05) is 25.6 Å². The zero-order valence-corrected chi connectivity index (χ0v) is 14.3. The lowest BCUT2D eigenvalue weighted by atomic mass is 9.91. The number of carbonyl (C=O) groups is 1. The summed E-state index contributed by atoms with van der Waals surface area (Å²) in [5.74, 6) is 1.74. The van der Waals surface area contributed by atoms with Gasteiger partial charge in [-0.2, -0.15) is 0 Å². The van der Waals surface area contributed by atoms with Crippen LogP contribution in [0.15, 0.2) is 36.7 Å². The van der Waals surface area contributed by atoms with E-state index in [0.29, 0.717) is 17.2 Å². The highest BCUT2D eigenvalue weighted by molar-refractivity contribution is 5.95. The Hall–Kier alpha value is -2.56. The molecule has 0 bridgehead atoms. The number of pyridine rings is 1. The van der Waals surface area contributed by atoms with Crippen molar-refractivity contribution in [2.24, 2.45) is 0 Å². The van der Waals surface area contributed by atoms with Crippen molar-refractivity contribution in [3.63, 3.8) is 0 Å². The first kappa shape index (κ1) is 15.9. The van der Waals surface area contributed by atoms with Gasteiger partial charge >= 0.3 is 5.97 Å². The van der Waals surface area contributed by atoms with Crippen LogP contribution in [0.2, 0.25) is 0 Å². The predicted octanol–water partition coefficient (Wildman–Crippen LogP) is 3.72. The van der Waals surface area contributed by atoms with Gasteiger partial charge in [0.25, 0.3) is 0 Å². The number of hydrogen-bond acceptors (Lipinski definition) is 5. The maximum atomic E-state index is 11.9. The summed E-state index contributed by atoms with van der Waals surface area (Å²) < 4.78 is 10.7. The second kappa shape index (κ2) is 6.75. The Morgan fingerprint density at radius 1 is 1.32 bits per heavy atom. The summed E-state index contributed by atoms with van der Waals surface area (Å²) in [5.41, 5.74) is 3.85. The van der Waals surface area contributed by atoms with Gasteiger partial charge in [-0.1, -0.05) is 12.1 Å². The number of aromatic nitrogens is 1. The molecule has 1 saturated carbocycles. The topological polar surface area (TPSA) is 60.5 Å². The van der Waals surface area contributed by atoms with Crippen molar-refractivity contribution in [2.45, 2.75) is 31.1 Å². The van der Waals surface area contributed by atoms with Gasteiger partial charge in [0, 0.05) is 18.7 Å². The minimum Gasteiger partial charge on any atom is -0.493 e. The molecule has 0 unspecified atom stereocenters. The molecule has 2 heterocycles. The first-order chi connectivity index (χ1) is 12.3. The Balaban J connectivity index is 1.51. The van der Waals surface area contributed by atoms with Crippen LogP contribution in [-0.4, -0.2) is 31.2 Å². The molecule has 0 amide bonds. The Bertz CT molecular complexity index is 786. The normalized spacial score (nSPS) is 18.8. The van der Waals surface area contributed by atoms with E-state index in [2.05, 4.69) is 28.5 Å². The van der Waals surface area contributed by atoms with Crippen LogP contribution in [0, 0.1) is 0 Å². The van der Waals surface area contributed by atoms with Gasteiger partial charge in [-0.3, -0.25) is 4.98 Å². The Morgan fingerprint density at radius 3 is 3.00 bits per heavy atom. The minimum absolute atomic E-state index is 0.350. The quantitative estimate of drug-likeness (QED) is 0.842. The average Bonchev–Trinajstić information content (AvgIpc) is 3.50. The third-order valence-corrected chi connectivity index (χ3v) is 5.02. The van der Waals surface area contributed by atoms with Crippen LogP contribution in [0.3, 0.4) is 0 Å². The lowest BCUT2D eigenvalue weighted by Gasteiger charge is -2.27. The van der Waals surface area contributed by atoms with E-state index < -0.39 is 0 Å². The predicted molar refractivity (Wildman–Crippen MR) is 95.3 cm³/mol. The first-order valence-corrected chi connectivity index (χ1v) is 8.79. The molecule has 5 heteroatoms. The molecule has 0 radical (unpaired) electrons. The molecular weight excluding hydrogens is 316 g/mol. The molecule has 1 aliphatic heterocycles. The van der Waals surface area contributed by atoms with Crippen molar-refractivity contribution in [3.05, 3.63) is 53.3 Å². The van der Waals surface area contributed by atoms with Crippen LogP contribution in [0.4, 0.5) is 5.69 Å². The molecule has 1 aromatic heterocycles. The van der Waals surface area contributed by atoms with Crippen molar-refractivity contribution < 1.29 is 14.3 Å². The van der Waals surface area contributed by atoms with E-state index in [9.17, 15) is 4.79 Å². The van der Waals surface area contributed by atoms with Gasteiger partial charge in [-0.25, -0.2) is 4.79 Å². The summed E-state index contributed by atoms with van der Waals surface area (Å²) in [7, 11) is 1.39. The molecule has 1 aromatic carbocycles. The third kappa shape index (κ3) is 3.31. The van der Waals surface area contributed by atoms with Gasteiger partial charge in [-0.05, 0) is 48.4 Å². The van der Waals surface area contributed by atoms with Gasteiger partial charge in [-0.15, -0.1) is 0 Å². The van der Waals surface area contributed by atoms with Gasteiger partial charge in [0.05, 0.1) is 31.2 Å². The highest BCUT2D eigenvalue weighted by Crippen LogP contribution is 2.43. The van der Waals surface area contributed by atoms with Gasteiger partial charge in [0.1, 0.15) is 5.75 Å². The lowest BCUT2D eigenvalue weighted by molar-refractivity contribution is 0.0601. The van der Waals surface area contributed by atoms with Gasteiger partial charge < -0.3 is 14.8 Å². The molecule has 2 aliphatic rings. The van der Waals surface area contributed by atoms with Crippen LogP contribution in [0.25, 0.3) is 0 Å². The number of hydrogen-bond donors (Lipinski definition) is 1. The molecule has 0 saturated heterocycles. The second-order valence-electron chi connectivity index (χ2n) is 6.70. The fourth-order valence-electron chi connectivity index (χ4n) is 3.42. The molecule has 4 rings (SSSR count). The molecule has 2 aromatic rings. The van der Waals surface area contributed by atoms with Crippen LogP contribution < -0.4 is 10.1 Å². The van der Waals surface area contributed by atoms with Gasteiger partial charge in [0.2, 0.25) is 0 Å². The number of nitrogens with zero attached hydrogens (tertiary/aromatic N) is 1. The molecule has 1 atom stereocenters. The van der Waals surface area contributed by atoms with E-state index in [1.807, 2.05) is 0 Å². The summed E-state index contributed by atoms with van der Waals surface area (Å²) >= 11 is 0. The van der Waals surface area contributed by atoms with Crippen molar-refractivity contribution >= 4 is 11.7 Å². The van der Waals surface area contributed by atoms with E-state index in [1.165, 1.54) is 31.1 Å². The van der Waals surface area contributed by atoms with E-state index >= 15 is 0 Å². The largest absolute Gasteiger partial charge is 0.493 e. The number of carbonyl (C=O) groups excluding carboxylic acids is 1. The highest BCUT2D eigenvalue weighted by atomic mass is 16.5. The number of rotatable bonds is 5. The maximum absolute atomic E-state index is 11.9. The van der Waals surface area contributed by atoms with Crippen LogP contribution in [0.1, 0.15) is 52.6 Å². The van der Waals surface area contributed by atoms with Crippen LogP contribution in [0.5, 0.6) is 5.75 Å². The van der Waals surface area contributed by atoms with E-state index in [-0.39, 0.29) is 5.97 Å². The van der Waals surface area contributed by atoms with E-state index in [4.69, 9.17) is 9.47 Å². The van der Waals surface area contributed by atoms with E-state index in [1.54, 1.807) is 18.5 Å². The average molecular weight is 338 g/mol. The zero-order chi connectivity index (χ0) is 17.2. The summed E-state index contributed by atoms with van der Waals surface area (Å²) in [6, 6.07) is 8.33. The number of fused-ring (bicyclic) bond motifs is 1. The number of ether oxygens (including phenoxy) is 2. The number of benzene rings is 1. The molecule has 1 aliphatic carbocycles. The fraction of sp³-hybridized carbons (Fsp3) is 0.400. The molecular formula is C20H22N2O3. The third-order valence-electron chi connectivity index (χ3n) is 5.02. The van der Waals surface area contributed by atoms with Crippen molar-refractivity contribution in [1.29, 1.82) is 0 Å². The molecule has 1 fully saturated rings. The SMILES string of the molecule is COC(=O)c1ccncc1NC[C@@H]1CCOc2cc(C3CC3)ccc21. The molecule has 5 nitrogen and oxygen atoms in total. The number of esters is 1. The van der Waals surface area contributed by atoms with Crippen molar-refractivity contribution in [1.82, 2.24) is 4.98 Å². The highest BCUT2D eigenvalue weighted by Gasteiger charge is 2.27. The minimum atomic E-state index is -0.355. The monoisotopic (exact) mass is 338 g/mol. The number of nitrogens with one attached hydrogen (secondary N) is 1. The molecule has 1 N–H and O–H groups in total. The standard InChI is InChI=1S/C20H22N2O3/c1-24-20(23)17-6-8-21-12-18(17)22-11-15-7-9-25-19-10-14(13-2-3-13)4-5-16(15)19/h4-6,8,10,12-13,15,22H,2-3,7,9,11H2,1H3/t15-/m0/s1. The van der Waals surface area contributed by atoms with Crippen LogP contribution in [-0.2, 0) is 4.74 Å². The maximum Gasteiger partial charge on any atom is 0.340 e.